The molecule has 158 valence electrons. The summed E-state index contributed by atoms with van der Waals surface area (Å²) in [6.07, 6.45) is 1.72. The van der Waals surface area contributed by atoms with Crippen LogP contribution in [0.15, 0.2) is 41.3 Å². The van der Waals surface area contributed by atoms with Crippen LogP contribution in [0.3, 0.4) is 0 Å². The van der Waals surface area contributed by atoms with Gasteiger partial charge in [0.15, 0.2) is 5.82 Å². The minimum absolute atomic E-state index is 0.0397. The molecule has 0 saturated carbocycles. The fourth-order valence-corrected chi connectivity index (χ4v) is 4.12. The highest BCUT2D eigenvalue weighted by Crippen LogP contribution is 2.33. The zero-order valence-electron chi connectivity index (χ0n) is 16.2. The van der Waals surface area contributed by atoms with Gasteiger partial charge in [0.1, 0.15) is 6.61 Å². The van der Waals surface area contributed by atoms with Crippen molar-refractivity contribution in [2.45, 2.75) is 25.5 Å². The molecule has 1 amide bonds. The number of ether oxygens (including phenoxy) is 1. The van der Waals surface area contributed by atoms with Gasteiger partial charge in [0, 0.05) is 12.8 Å². The third kappa shape index (κ3) is 3.85. The first-order chi connectivity index (χ1) is 14.2. The Bertz CT molecular complexity index is 1170. The standard InChI is InChI=1S/C19H20N3O7S/c1-30(26,27)29-12-14-9-21-16(23)8-7-15-18(21)22(14)17(24)10-20(15)19(25)28-11-13-5-3-2-4-6-13/h2-6,10,14H,7-9,11-12H2,1H3/q+1/t14-/m0/s1. The number of benzene rings is 1. The van der Waals surface area contributed by atoms with Gasteiger partial charge in [-0.1, -0.05) is 34.9 Å². The van der Waals surface area contributed by atoms with Gasteiger partial charge in [0.2, 0.25) is 17.8 Å². The number of anilines is 1. The Morgan fingerprint density at radius 3 is 2.63 bits per heavy atom. The maximum Gasteiger partial charge on any atom is 0.602 e. The van der Waals surface area contributed by atoms with Crippen LogP contribution < -0.4 is 15.0 Å². The molecule has 0 bridgehead atoms. The zero-order chi connectivity index (χ0) is 21.5. The van der Waals surface area contributed by atoms with Crippen molar-refractivity contribution >= 4 is 27.9 Å². The monoisotopic (exact) mass is 434 g/mol. The van der Waals surface area contributed by atoms with Crippen LogP contribution in [0, 0.1) is 0 Å². The second-order valence-electron chi connectivity index (χ2n) is 7.16. The number of carbonyl (C=O) groups is 2. The molecular formula is C19H20N3O7S+. The summed E-state index contributed by atoms with van der Waals surface area (Å²) in [4.78, 5) is 39.3. The first-order valence-corrected chi connectivity index (χ1v) is 11.1. The van der Waals surface area contributed by atoms with E-state index in [1.165, 1.54) is 9.47 Å². The molecule has 0 unspecified atom stereocenters. The molecule has 0 saturated heterocycles. The van der Waals surface area contributed by atoms with Crippen LogP contribution in [0.25, 0.3) is 0 Å². The lowest BCUT2D eigenvalue weighted by atomic mass is 10.1. The number of carbonyl (C=O) groups excluding carboxylic acids is 2. The van der Waals surface area contributed by atoms with E-state index < -0.39 is 27.8 Å². The predicted octanol–water partition coefficient (Wildman–Crippen LogP) is 0.131. The van der Waals surface area contributed by atoms with E-state index in [1.54, 1.807) is 0 Å². The summed E-state index contributed by atoms with van der Waals surface area (Å²) in [6.45, 7) is -0.144. The molecule has 1 aromatic carbocycles. The summed E-state index contributed by atoms with van der Waals surface area (Å²) < 4.78 is 35.4. The van der Waals surface area contributed by atoms with Crippen molar-refractivity contribution in [1.82, 2.24) is 4.57 Å². The van der Waals surface area contributed by atoms with Gasteiger partial charge in [0.05, 0.1) is 25.4 Å². The van der Waals surface area contributed by atoms with Crippen molar-refractivity contribution < 1.29 is 31.5 Å². The maximum absolute atomic E-state index is 12.8. The summed E-state index contributed by atoms with van der Waals surface area (Å²) in [7, 11) is -3.71. The molecule has 3 heterocycles. The molecule has 0 radical (unpaired) electrons. The van der Waals surface area contributed by atoms with Crippen molar-refractivity contribution in [2.75, 3.05) is 24.3 Å². The topological polar surface area (TPSA) is 116 Å². The molecular weight excluding hydrogens is 414 g/mol. The van der Waals surface area contributed by atoms with Crippen LogP contribution in [0.1, 0.15) is 23.7 Å². The first kappa shape index (κ1) is 20.2. The molecule has 4 rings (SSSR count). The molecule has 10 nitrogen and oxygen atoms in total. The second-order valence-corrected chi connectivity index (χ2v) is 8.81. The number of nitrogens with zero attached hydrogens (tertiary/aromatic N) is 3. The molecule has 0 N–H and O–H groups in total. The molecule has 2 aliphatic rings. The Kier molecular flexibility index (Phi) is 5.16. The molecule has 1 atom stereocenters. The van der Waals surface area contributed by atoms with Crippen LogP contribution >= 0.6 is 0 Å². The van der Waals surface area contributed by atoms with Crippen LogP contribution in [0.4, 0.5) is 10.6 Å². The van der Waals surface area contributed by atoms with E-state index in [9.17, 15) is 22.8 Å². The van der Waals surface area contributed by atoms with Crippen LogP contribution in [0.2, 0.25) is 0 Å². The van der Waals surface area contributed by atoms with Crippen LogP contribution in [-0.4, -0.2) is 44.4 Å². The zero-order valence-corrected chi connectivity index (χ0v) is 17.0. The molecule has 0 spiro atoms. The van der Waals surface area contributed by atoms with Crippen molar-refractivity contribution in [2.24, 2.45) is 0 Å². The van der Waals surface area contributed by atoms with Crippen LogP contribution in [0.5, 0.6) is 0 Å². The number of rotatable bonds is 5. The van der Waals surface area contributed by atoms with Gasteiger partial charge in [-0.15, -0.1) is 0 Å². The van der Waals surface area contributed by atoms with Gasteiger partial charge >= 0.3 is 11.7 Å². The second kappa shape index (κ2) is 7.65. The molecule has 30 heavy (non-hydrogen) atoms. The van der Waals surface area contributed by atoms with E-state index in [0.717, 1.165) is 22.6 Å². The van der Waals surface area contributed by atoms with Crippen molar-refractivity contribution in [1.29, 1.82) is 0 Å². The van der Waals surface area contributed by atoms with E-state index in [-0.39, 0.29) is 44.3 Å². The summed E-state index contributed by atoms with van der Waals surface area (Å²) in [5.74, 6) is 0.0884. The Balaban J connectivity index is 1.67. The fourth-order valence-electron chi connectivity index (χ4n) is 3.71. The van der Waals surface area contributed by atoms with Crippen molar-refractivity contribution in [3.8, 4) is 0 Å². The summed E-state index contributed by atoms with van der Waals surface area (Å²) in [6, 6.07) is 8.45. The normalized spacial score (nSPS) is 17.7. The van der Waals surface area contributed by atoms with Gasteiger partial charge in [0.25, 0.3) is 10.1 Å². The number of aromatic nitrogens is 2. The van der Waals surface area contributed by atoms with Gasteiger partial charge in [-0.25, -0.2) is 0 Å². The molecule has 2 aromatic rings. The summed E-state index contributed by atoms with van der Waals surface area (Å²) >= 11 is 0. The number of hydrogen-bond acceptors (Lipinski definition) is 7. The SMILES string of the molecule is CS(=O)(=O)OC[C@@H]1CN2C(=O)CCc3c2n1c(=O)c[n+]3C(=O)OCc1ccccc1. The van der Waals surface area contributed by atoms with E-state index >= 15 is 0 Å². The Hall–Kier alpha value is -3.05. The number of amides is 1. The van der Waals surface area contributed by atoms with Gasteiger partial charge in [-0.3, -0.25) is 23.2 Å². The molecule has 2 aliphatic heterocycles. The van der Waals surface area contributed by atoms with Crippen molar-refractivity contribution in [3.63, 3.8) is 0 Å². The largest absolute Gasteiger partial charge is 0.602 e. The molecule has 11 heteroatoms. The first-order valence-electron chi connectivity index (χ1n) is 9.30. The number of hydrogen-bond donors (Lipinski definition) is 0. The maximum atomic E-state index is 12.8. The predicted molar refractivity (Wildman–Crippen MR) is 103 cm³/mol. The lowest BCUT2D eigenvalue weighted by molar-refractivity contribution is -0.596. The lowest BCUT2D eigenvalue weighted by Gasteiger charge is -2.21. The summed E-state index contributed by atoms with van der Waals surface area (Å²) in [5.41, 5.74) is 0.714. The van der Waals surface area contributed by atoms with Gasteiger partial charge in [-0.05, 0) is 5.56 Å². The molecule has 1 aromatic heterocycles. The fraction of sp³-hybridized carbons (Fsp3) is 0.368. The molecule has 0 aliphatic carbocycles. The molecule has 0 fully saturated rings. The quantitative estimate of drug-likeness (QED) is 0.485. The van der Waals surface area contributed by atoms with E-state index in [4.69, 9.17) is 8.92 Å². The minimum Gasteiger partial charge on any atom is -0.407 e. The highest BCUT2D eigenvalue weighted by Gasteiger charge is 2.44. The Labute approximate surface area is 172 Å². The third-order valence-corrected chi connectivity index (χ3v) is 5.59. The van der Waals surface area contributed by atoms with Crippen LogP contribution in [-0.2, 0) is 36.9 Å². The van der Waals surface area contributed by atoms with E-state index in [0.29, 0.717) is 5.69 Å². The Morgan fingerprint density at radius 1 is 1.20 bits per heavy atom. The van der Waals surface area contributed by atoms with Gasteiger partial charge < -0.3 is 4.74 Å². The highest BCUT2D eigenvalue weighted by atomic mass is 32.2. The Morgan fingerprint density at radius 2 is 1.93 bits per heavy atom. The average Bonchev–Trinajstić information content (AvgIpc) is 3.10. The highest BCUT2D eigenvalue weighted by molar-refractivity contribution is 7.85. The van der Waals surface area contributed by atoms with E-state index in [1.807, 2.05) is 30.3 Å². The minimum atomic E-state index is -3.71. The lowest BCUT2D eigenvalue weighted by Crippen LogP contribution is -2.53. The average molecular weight is 434 g/mol. The smallest absolute Gasteiger partial charge is 0.407 e. The summed E-state index contributed by atoms with van der Waals surface area (Å²) in [5, 5.41) is 0. The third-order valence-electron chi connectivity index (χ3n) is 5.02. The van der Waals surface area contributed by atoms with Gasteiger partial charge in [-0.2, -0.15) is 13.2 Å². The van der Waals surface area contributed by atoms with Crippen molar-refractivity contribution in [3.05, 3.63) is 58.1 Å². The van der Waals surface area contributed by atoms with E-state index in [2.05, 4.69) is 0 Å².